The monoisotopic (exact) mass is 260 g/mol. The van der Waals surface area contributed by atoms with Crippen LogP contribution in [-0.2, 0) is 0 Å². The molecule has 0 saturated carbocycles. The van der Waals surface area contributed by atoms with Gasteiger partial charge in [-0.3, -0.25) is 4.98 Å². The zero-order valence-electron chi connectivity index (χ0n) is 11.1. The summed E-state index contributed by atoms with van der Waals surface area (Å²) in [7, 11) is 0. The molecule has 3 rings (SSSR count). The number of nitrogens with one attached hydrogen (secondary N) is 1. The first-order chi connectivity index (χ1) is 9.11. The van der Waals surface area contributed by atoms with E-state index in [4.69, 9.17) is 0 Å². The third-order valence-corrected chi connectivity index (χ3v) is 3.37. The molecular formula is C14H17FN4. The summed E-state index contributed by atoms with van der Waals surface area (Å²) in [6.45, 7) is 6.14. The molecule has 4 nitrogen and oxygen atoms in total. The van der Waals surface area contributed by atoms with Crippen LogP contribution in [0.2, 0.25) is 0 Å². The van der Waals surface area contributed by atoms with Crippen LogP contribution >= 0.6 is 0 Å². The van der Waals surface area contributed by atoms with E-state index in [9.17, 15) is 4.39 Å². The molecule has 1 aliphatic rings. The number of halogens is 1. The lowest BCUT2D eigenvalue weighted by Gasteiger charge is -2.36. The fraction of sp³-hybridized carbons (Fsp3) is 0.429. The van der Waals surface area contributed by atoms with Crippen molar-refractivity contribution < 1.29 is 4.39 Å². The van der Waals surface area contributed by atoms with E-state index in [-0.39, 0.29) is 5.82 Å². The largest absolute Gasteiger partial charge is 0.352 e. The number of benzene rings is 1. The van der Waals surface area contributed by atoms with Gasteiger partial charge in [-0.15, -0.1) is 0 Å². The number of hydrogen-bond donors (Lipinski definition) is 1. The molecule has 0 aliphatic carbocycles. The molecule has 19 heavy (non-hydrogen) atoms. The van der Waals surface area contributed by atoms with Gasteiger partial charge >= 0.3 is 0 Å². The van der Waals surface area contributed by atoms with E-state index in [0.29, 0.717) is 17.6 Å². The molecule has 0 radical (unpaired) electrons. The van der Waals surface area contributed by atoms with E-state index in [2.05, 4.69) is 34.0 Å². The topological polar surface area (TPSA) is 41.1 Å². The molecule has 0 unspecified atom stereocenters. The van der Waals surface area contributed by atoms with Gasteiger partial charge in [-0.2, -0.15) is 0 Å². The molecule has 0 spiro atoms. The van der Waals surface area contributed by atoms with E-state index in [1.807, 2.05) is 0 Å². The quantitative estimate of drug-likeness (QED) is 0.851. The van der Waals surface area contributed by atoms with Gasteiger partial charge in [0, 0.05) is 31.2 Å². The molecule has 0 amide bonds. The molecule has 1 aromatic heterocycles. The molecule has 1 aromatic carbocycles. The Morgan fingerprint density at radius 3 is 2.68 bits per heavy atom. The average molecular weight is 260 g/mol. The Balaban J connectivity index is 1.94. The summed E-state index contributed by atoms with van der Waals surface area (Å²) in [5, 5.41) is 3.48. The van der Waals surface area contributed by atoms with Crippen LogP contribution in [0.1, 0.15) is 13.8 Å². The van der Waals surface area contributed by atoms with Gasteiger partial charge in [0.1, 0.15) is 11.6 Å². The van der Waals surface area contributed by atoms with Crippen LogP contribution in [0.5, 0.6) is 0 Å². The van der Waals surface area contributed by atoms with E-state index < -0.39 is 0 Å². The first-order valence-corrected chi connectivity index (χ1v) is 6.55. The Bertz CT molecular complexity index is 591. The second-order valence-electron chi connectivity index (χ2n) is 5.23. The van der Waals surface area contributed by atoms with E-state index in [1.54, 1.807) is 12.3 Å². The van der Waals surface area contributed by atoms with Crippen molar-refractivity contribution >= 4 is 16.9 Å². The third-order valence-electron chi connectivity index (χ3n) is 3.37. The van der Waals surface area contributed by atoms with Gasteiger partial charge in [0.2, 0.25) is 0 Å². The van der Waals surface area contributed by atoms with Crippen LogP contribution in [-0.4, -0.2) is 35.1 Å². The van der Waals surface area contributed by atoms with Gasteiger partial charge in [-0.1, -0.05) is 0 Å². The van der Waals surface area contributed by atoms with Crippen LogP contribution < -0.4 is 10.2 Å². The maximum Gasteiger partial charge on any atom is 0.147 e. The lowest BCUT2D eigenvalue weighted by molar-refractivity contribution is 0.405. The van der Waals surface area contributed by atoms with Gasteiger partial charge < -0.3 is 10.2 Å². The summed E-state index contributed by atoms with van der Waals surface area (Å²) in [4.78, 5) is 11.1. The molecule has 100 valence electrons. The fourth-order valence-corrected chi connectivity index (χ4v) is 2.64. The van der Waals surface area contributed by atoms with Crippen LogP contribution in [0, 0.1) is 5.82 Å². The maximum atomic E-state index is 13.1. The Morgan fingerprint density at radius 2 is 1.95 bits per heavy atom. The van der Waals surface area contributed by atoms with Crippen molar-refractivity contribution in [3.63, 3.8) is 0 Å². The minimum atomic E-state index is -0.279. The molecular weight excluding hydrogens is 243 g/mol. The lowest BCUT2D eigenvalue weighted by atomic mass is 10.1. The summed E-state index contributed by atoms with van der Waals surface area (Å²) < 4.78 is 13.1. The number of nitrogens with zero attached hydrogens (tertiary/aromatic N) is 3. The second kappa shape index (κ2) is 4.74. The highest BCUT2D eigenvalue weighted by molar-refractivity contribution is 5.75. The summed E-state index contributed by atoms with van der Waals surface area (Å²) in [5.41, 5.74) is 1.33. The first-order valence-electron chi connectivity index (χ1n) is 6.55. The fourth-order valence-electron chi connectivity index (χ4n) is 2.64. The van der Waals surface area contributed by atoms with Crippen molar-refractivity contribution in [1.29, 1.82) is 0 Å². The van der Waals surface area contributed by atoms with Crippen molar-refractivity contribution in [3.8, 4) is 0 Å². The SMILES string of the molecule is C[C@@H]1CN(c2cnc3cc(F)ccc3n2)C[C@H](C)N1. The van der Waals surface area contributed by atoms with Crippen molar-refractivity contribution in [2.45, 2.75) is 25.9 Å². The molecule has 1 saturated heterocycles. The second-order valence-corrected chi connectivity index (χ2v) is 5.23. The van der Waals surface area contributed by atoms with Crippen molar-refractivity contribution in [3.05, 3.63) is 30.2 Å². The Hall–Kier alpha value is -1.75. The van der Waals surface area contributed by atoms with Crippen molar-refractivity contribution in [2.75, 3.05) is 18.0 Å². The maximum absolute atomic E-state index is 13.1. The van der Waals surface area contributed by atoms with Crippen LogP contribution in [0.25, 0.3) is 11.0 Å². The van der Waals surface area contributed by atoms with Gasteiger partial charge in [-0.05, 0) is 26.0 Å². The van der Waals surface area contributed by atoms with Gasteiger partial charge in [0.25, 0.3) is 0 Å². The molecule has 1 N–H and O–H groups in total. The average Bonchev–Trinajstić information content (AvgIpc) is 2.37. The smallest absolute Gasteiger partial charge is 0.147 e. The molecule has 5 heteroatoms. The summed E-state index contributed by atoms with van der Waals surface area (Å²) in [5.74, 6) is 0.582. The first kappa shape index (κ1) is 12.3. The zero-order chi connectivity index (χ0) is 13.4. The minimum Gasteiger partial charge on any atom is -0.352 e. The predicted molar refractivity (Wildman–Crippen MR) is 73.8 cm³/mol. The third kappa shape index (κ3) is 2.51. The van der Waals surface area contributed by atoms with E-state index in [0.717, 1.165) is 24.4 Å². The molecule has 2 aromatic rings. The van der Waals surface area contributed by atoms with Gasteiger partial charge in [-0.25, -0.2) is 9.37 Å². The van der Waals surface area contributed by atoms with Gasteiger partial charge in [0.05, 0.1) is 17.2 Å². The number of aromatic nitrogens is 2. The number of rotatable bonds is 1. The summed E-state index contributed by atoms with van der Waals surface area (Å²) in [6.07, 6.45) is 1.73. The highest BCUT2D eigenvalue weighted by atomic mass is 19.1. The van der Waals surface area contributed by atoms with Crippen molar-refractivity contribution in [2.24, 2.45) is 0 Å². The zero-order valence-corrected chi connectivity index (χ0v) is 11.1. The van der Waals surface area contributed by atoms with Crippen molar-refractivity contribution in [1.82, 2.24) is 15.3 Å². The lowest BCUT2D eigenvalue weighted by Crippen LogP contribution is -2.54. The van der Waals surface area contributed by atoms with Crippen LogP contribution in [0.4, 0.5) is 10.2 Å². The van der Waals surface area contributed by atoms with E-state index in [1.165, 1.54) is 12.1 Å². The summed E-state index contributed by atoms with van der Waals surface area (Å²) >= 11 is 0. The number of anilines is 1. The molecule has 2 heterocycles. The molecule has 2 atom stereocenters. The molecule has 1 fully saturated rings. The predicted octanol–water partition coefficient (Wildman–Crippen LogP) is 1.96. The highest BCUT2D eigenvalue weighted by Gasteiger charge is 2.22. The highest BCUT2D eigenvalue weighted by Crippen LogP contribution is 2.18. The standard InChI is InChI=1S/C14H17FN4/c1-9-7-19(8-10(2)17-9)14-6-16-13-5-11(15)3-4-12(13)18-14/h3-6,9-10,17H,7-8H2,1-2H3/t9-,10+. The number of fused-ring (bicyclic) bond motifs is 1. The molecule has 0 bridgehead atoms. The number of hydrogen-bond acceptors (Lipinski definition) is 4. The van der Waals surface area contributed by atoms with Gasteiger partial charge in [0.15, 0.2) is 0 Å². The van der Waals surface area contributed by atoms with Crippen LogP contribution in [0.15, 0.2) is 24.4 Å². The molecule has 1 aliphatic heterocycles. The Morgan fingerprint density at radius 1 is 1.21 bits per heavy atom. The Kier molecular flexibility index (Phi) is 3.06. The normalized spacial score (nSPS) is 23.8. The van der Waals surface area contributed by atoms with Crippen LogP contribution in [0.3, 0.4) is 0 Å². The number of piperazine rings is 1. The van der Waals surface area contributed by atoms with E-state index >= 15 is 0 Å². The minimum absolute atomic E-state index is 0.279. The summed E-state index contributed by atoms with van der Waals surface area (Å²) in [6, 6.07) is 5.36. The Labute approximate surface area is 111 Å².